The lowest BCUT2D eigenvalue weighted by molar-refractivity contribution is 0.542. The van der Waals surface area contributed by atoms with Crippen LogP contribution in [0.5, 0.6) is 0 Å². The molecule has 0 N–H and O–H groups in total. The Morgan fingerprint density at radius 2 is 2.67 bits per heavy atom. The van der Waals surface area contributed by atoms with E-state index in [2.05, 4.69) is 14.8 Å². The quantitative estimate of drug-likeness (QED) is 0.686. The predicted molar refractivity (Wildman–Crippen MR) is 50.6 cm³/mol. The zero-order valence-corrected chi connectivity index (χ0v) is 8.18. The van der Waals surface area contributed by atoms with Gasteiger partial charge in [0.2, 0.25) is 0 Å². The summed E-state index contributed by atoms with van der Waals surface area (Å²) in [5.41, 5.74) is 0. The highest BCUT2D eigenvalue weighted by atomic mass is 35.5. The molecule has 3 nitrogen and oxygen atoms in total. The highest BCUT2D eigenvalue weighted by molar-refractivity contribution is 7.99. The van der Waals surface area contributed by atoms with Gasteiger partial charge < -0.3 is 4.57 Å². The molecule has 0 spiro atoms. The van der Waals surface area contributed by atoms with E-state index in [0.29, 0.717) is 11.9 Å². The third-order valence-electron chi connectivity index (χ3n) is 2.07. The van der Waals surface area contributed by atoms with Crippen LogP contribution in [0, 0.1) is 0 Å². The number of hydrogen-bond donors (Lipinski definition) is 0. The molecule has 1 fully saturated rings. The minimum absolute atomic E-state index is 0.459. The first-order valence-corrected chi connectivity index (χ1v) is 5.63. The molecule has 0 aromatic carbocycles. The van der Waals surface area contributed by atoms with Crippen LogP contribution in [-0.2, 0) is 5.88 Å². The molecule has 0 radical (unpaired) electrons. The zero-order chi connectivity index (χ0) is 8.39. The average Bonchev–Trinajstić information content (AvgIpc) is 2.74. The van der Waals surface area contributed by atoms with Crippen LogP contribution >= 0.6 is 23.4 Å². The Morgan fingerprint density at radius 1 is 1.75 bits per heavy atom. The van der Waals surface area contributed by atoms with Crippen molar-refractivity contribution in [3.05, 3.63) is 12.2 Å². The number of thioether (sulfide) groups is 1. The average molecular weight is 204 g/mol. The molecule has 1 aromatic rings. The number of aromatic nitrogens is 3. The van der Waals surface area contributed by atoms with E-state index in [1.54, 1.807) is 6.33 Å². The number of rotatable bonds is 2. The molecule has 0 amide bonds. The Morgan fingerprint density at radius 3 is 3.33 bits per heavy atom. The van der Waals surface area contributed by atoms with Crippen molar-refractivity contribution in [1.29, 1.82) is 0 Å². The summed E-state index contributed by atoms with van der Waals surface area (Å²) in [5.74, 6) is 3.76. The second-order valence-electron chi connectivity index (χ2n) is 2.81. The van der Waals surface area contributed by atoms with Gasteiger partial charge in [0, 0.05) is 11.8 Å². The molecule has 2 rings (SSSR count). The molecule has 1 atom stereocenters. The fourth-order valence-corrected chi connectivity index (χ4v) is 2.80. The van der Waals surface area contributed by atoms with Crippen molar-refractivity contribution in [2.24, 2.45) is 0 Å². The lowest BCUT2D eigenvalue weighted by atomic mass is 10.2. The summed E-state index contributed by atoms with van der Waals surface area (Å²) in [7, 11) is 0. The highest BCUT2D eigenvalue weighted by Crippen LogP contribution is 2.28. The van der Waals surface area contributed by atoms with Crippen LogP contribution in [0.2, 0.25) is 0 Å². The predicted octanol–water partition coefficient (Wildman–Crippen LogP) is 1.69. The molecule has 2 heterocycles. The van der Waals surface area contributed by atoms with Crippen LogP contribution in [0.1, 0.15) is 18.3 Å². The molecule has 1 aromatic heterocycles. The van der Waals surface area contributed by atoms with E-state index in [-0.39, 0.29) is 0 Å². The maximum atomic E-state index is 5.72. The maximum Gasteiger partial charge on any atom is 0.148 e. The highest BCUT2D eigenvalue weighted by Gasteiger charge is 2.19. The van der Waals surface area contributed by atoms with Gasteiger partial charge >= 0.3 is 0 Å². The van der Waals surface area contributed by atoms with Crippen molar-refractivity contribution in [1.82, 2.24) is 14.8 Å². The number of halogens is 1. The Labute approximate surface area is 80.5 Å². The van der Waals surface area contributed by atoms with E-state index in [1.165, 1.54) is 17.9 Å². The normalized spacial score (nSPS) is 23.2. The number of nitrogens with zero attached hydrogens (tertiary/aromatic N) is 3. The van der Waals surface area contributed by atoms with Crippen LogP contribution in [0.25, 0.3) is 0 Å². The molecule has 5 heteroatoms. The molecular weight excluding hydrogens is 194 g/mol. The monoisotopic (exact) mass is 203 g/mol. The SMILES string of the molecule is ClCc1nncn1C1CCSC1. The topological polar surface area (TPSA) is 30.7 Å². The van der Waals surface area contributed by atoms with Gasteiger partial charge in [0.25, 0.3) is 0 Å². The minimum Gasteiger partial charge on any atom is -0.313 e. The Kier molecular flexibility index (Phi) is 2.56. The summed E-state index contributed by atoms with van der Waals surface area (Å²) in [6, 6.07) is 0.568. The van der Waals surface area contributed by atoms with Crippen molar-refractivity contribution in [2.75, 3.05) is 11.5 Å². The van der Waals surface area contributed by atoms with Crippen molar-refractivity contribution in [2.45, 2.75) is 18.3 Å². The summed E-state index contributed by atoms with van der Waals surface area (Å²) >= 11 is 7.70. The molecule has 1 aliphatic heterocycles. The maximum absolute atomic E-state index is 5.72. The lowest BCUT2D eigenvalue weighted by Crippen LogP contribution is -2.09. The van der Waals surface area contributed by atoms with Gasteiger partial charge in [-0.3, -0.25) is 0 Å². The first kappa shape index (κ1) is 8.38. The summed E-state index contributed by atoms with van der Waals surface area (Å²) in [5, 5.41) is 7.81. The second-order valence-corrected chi connectivity index (χ2v) is 4.22. The van der Waals surface area contributed by atoms with Crippen molar-refractivity contribution in [3.63, 3.8) is 0 Å². The fourth-order valence-electron chi connectivity index (χ4n) is 1.41. The molecule has 0 bridgehead atoms. The number of alkyl halides is 1. The van der Waals surface area contributed by atoms with Crippen LogP contribution in [0.15, 0.2) is 6.33 Å². The van der Waals surface area contributed by atoms with Crippen molar-refractivity contribution in [3.8, 4) is 0 Å². The van der Waals surface area contributed by atoms with Crippen LogP contribution < -0.4 is 0 Å². The molecule has 1 saturated heterocycles. The summed E-state index contributed by atoms with van der Waals surface area (Å²) < 4.78 is 2.10. The smallest absolute Gasteiger partial charge is 0.148 e. The van der Waals surface area contributed by atoms with E-state index in [4.69, 9.17) is 11.6 Å². The summed E-state index contributed by atoms with van der Waals surface area (Å²) in [6.45, 7) is 0. The van der Waals surface area contributed by atoms with Crippen LogP contribution in [0.3, 0.4) is 0 Å². The number of hydrogen-bond acceptors (Lipinski definition) is 3. The Balaban J connectivity index is 2.19. The lowest BCUT2D eigenvalue weighted by Gasteiger charge is -2.10. The third-order valence-corrected chi connectivity index (χ3v) is 3.45. The molecule has 1 aliphatic rings. The van der Waals surface area contributed by atoms with Gasteiger partial charge in [-0.25, -0.2) is 0 Å². The van der Waals surface area contributed by atoms with E-state index in [1.807, 2.05) is 11.8 Å². The molecule has 66 valence electrons. The van der Waals surface area contributed by atoms with Gasteiger partial charge in [0.1, 0.15) is 12.2 Å². The molecule has 0 saturated carbocycles. The van der Waals surface area contributed by atoms with Gasteiger partial charge in [0.15, 0.2) is 0 Å². The Hall–Kier alpha value is -0.220. The standard InChI is InChI=1S/C7H10ClN3S/c8-3-7-10-9-5-11(7)6-1-2-12-4-6/h5-6H,1-4H2. The summed E-state index contributed by atoms with van der Waals surface area (Å²) in [4.78, 5) is 0. The van der Waals surface area contributed by atoms with E-state index in [9.17, 15) is 0 Å². The van der Waals surface area contributed by atoms with Gasteiger partial charge in [-0.1, -0.05) is 0 Å². The van der Waals surface area contributed by atoms with E-state index in [0.717, 1.165) is 5.82 Å². The molecule has 12 heavy (non-hydrogen) atoms. The zero-order valence-electron chi connectivity index (χ0n) is 6.61. The fraction of sp³-hybridized carbons (Fsp3) is 0.714. The van der Waals surface area contributed by atoms with Crippen LogP contribution in [0.4, 0.5) is 0 Å². The minimum atomic E-state index is 0.459. The van der Waals surface area contributed by atoms with Gasteiger partial charge in [-0.2, -0.15) is 11.8 Å². The van der Waals surface area contributed by atoms with Gasteiger partial charge in [-0.05, 0) is 12.2 Å². The largest absolute Gasteiger partial charge is 0.313 e. The van der Waals surface area contributed by atoms with Crippen molar-refractivity contribution >= 4 is 23.4 Å². The second kappa shape index (κ2) is 3.66. The van der Waals surface area contributed by atoms with E-state index < -0.39 is 0 Å². The molecule has 1 unspecified atom stereocenters. The van der Waals surface area contributed by atoms with Gasteiger partial charge in [-0.15, -0.1) is 21.8 Å². The van der Waals surface area contributed by atoms with Crippen molar-refractivity contribution < 1.29 is 0 Å². The molecular formula is C7H10ClN3S. The Bertz CT molecular complexity index is 257. The van der Waals surface area contributed by atoms with E-state index >= 15 is 0 Å². The first-order valence-electron chi connectivity index (χ1n) is 3.94. The van der Waals surface area contributed by atoms with Crippen LogP contribution in [-0.4, -0.2) is 26.3 Å². The van der Waals surface area contributed by atoms with Gasteiger partial charge in [0.05, 0.1) is 5.88 Å². The first-order chi connectivity index (χ1) is 5.92. The molecule has 0 aliphatic carbocycles. The third kappa shape index (κ3) is 1.45. The summed E-state index contributed by atoms with van der Waals surface area (Å²) in [6.07, 6.45) is 3.00.